The fourth-order valence-corrected chi connectivity index (χ4v) is 7.78. The largest absolute Gasteiger partial charge is 0.462 e. The number of esters is 3. The van der Waals surface area contributed by atoms with Crippen molar-refractivity contribution in [3.8, 4) is 0 Å². The van der Waals surface area contributed by atoms with Crippen molar-refractivity contribution < 1.29 is 28.6 Å². The van der Waals surface area contributed by atoms with Crippen molar-refractivity contribution in [3.63, 3.8) is 0 Å². The van der Waals surface area contributed by atoms with Gasteiger partial charge in [-0.05, 0) is 31.1 Å². The van der Waals surface area contributed by atoms with E-state index in [0.717, 1.165) is 69.6 Å². The summed E-state index contributed by atoms with van der Waals surface area (Å²) in [5.41, 5.74) is 0. The molecular weight excluding hydrogens is 721 g/mol. The van der Waals surface area contributed by atoms with Crippen LogP contribution in [0.3, 0.4) is 0 Å². The van der Waals surface area contributed by atoms with E-state index in [1.165, 1.54) is 173 Å². The molecule has 0 aliphatic carbocycles. The van der Waals surface area contributed by atoms with E-state index in [2.05, 4.69) is 34.6 Å². The van der Waals surface area contributed by atoms with E-state index in [9.17, 15) is 14.4 Å². The third-order valence-electron chi connectivity index (χ3n) is 12.1. The molecule has 0 aliphatic heterocycles. The number of hydrogen-bond acceptors (Lipinski definition) is 6. The van der Waals surface area contributed by atoms with Gasteiger partial charge in [-0.2, -0.15) is 0 Å². The summed E-state index contributed by atoms with van der Waals surface area (Å²) in [7, 11) is 0. The second kappa shape index (κ2) is 44.9. The van der Waals surface area contributed by atoms with Crippen molar-refractivity contribution in [1.29, 1.82) is 0 Å². The van der Waals surface area contributed by atoms with Gasteiger partial charge < -0.3 is 14.2 Å². The Morgan fingerprint density at radius 2 is 0.655 bits per heavy atom. The van der Waals surface area contributed by atoms with Crippen LogP contribution in [0, 0.1) is 11.8 Å². The lowest BCUT2D eigenvalue weighted by molar-refractivity contribution is -0.167. The van der Waals surface area contributed by atoms with Crippen LogP contribution in [-0.4, -0.2) is 37.2 Å². The average Bonchev–Trinajstić information content (AvgIpc) is 3.21. The van der Waals surface area contributed by atoms with Gasteiger partial charge in [0.05, 0.1) is 0 Å². The van der Waals surface area contributed by atoms with E-state index in [1.807, 2.05) is 0 Å². The van der Waals surface area contributed by atoms with Gasteiger partial charge in [0.2, 0.25) is 0 Å². The molecule has 0 N–H and O–H groups in total. The Morgan fingerprint density at radius 3 is 0.983 bits per heavy atom. The zero-order valence-corrected chi connectivity index (χ0v) is 39.7. The average molecular weight is 821 g/mol. The summed E-state index contributed by atoms with van der Waals surface area (Å²) in [6.45, 7) is 11.3. The number of unbranched alkanes of at least 4 members (excludes halogenated alkanes) is 30. The highest BCUT2D eigenvalue weighted by molar-refractivity contribution is 5.71. The molecule has 0 radical (unpaired) electrons. The monoisotopic (exact) mass is 821 g/mol. The van der Waals surface area contributed by atoms with Crippen molar-refractivity contribution in [1.82, 2.24) is 0 Å². The number of ether oxygens (including phenoxy) is 3. The Balaban J connectivity index is 4.11. The normalized spacial score (nSPS) is 12.5. The molecule has 0 bridgehead atoms. The molecule has 0 aromatic heterocycles. The van der Waals surface area contributed by atoms with Gasteiger partial charge in [-0.25, -0.2) is 0 Å². The molecule has 0 aromatic rings. The molecule has 0 rings (SSSR count). The van der Waals surface area contributed by atoms with Crippen molar-refractivity contribution in [2.75, 3.05) is 13.2 Å². The van der Waals surface area contributed by atoms with Gasteiger partial charge in [-0.15, -0.1) is 0 Å². The molecule has 1 unspecified atom stereocenters. The molecule has 6 heteroatoms. The number of rotatable bonds is 46. The van der Waals surface area contributed by atoms with Gasteiger partial charge in [0, 0.05) is 19.3 Å². The van der Waals surface area contributed by atoms with Gasteiger partial charge >= 0.3 is 17.9 Å². The second-order valence-electron chi connectivity index (χ2n) is 18.5. The lowest BCUT2D eigenvalue weighted by Gasteiger charge is -2.18. The van der Waals surface area contributed by atoms with Crippen molar-refractivity contribution >= 4 is 17.9 Å². The maximum absolute atomic E-state index is 12.7. The zero-order valence-electron chi connectivity index (χ0n) is 39.7. The second-order valence-corrected chi connectivity index (χ2v) is 18.5. The summed E-state index contributed by atoms with van der Waals surface area (Å²) < 4.78 is 16.7. The van der Waals surface area contributed by atoms with Crippen molar-refractivity contribution in [2.45, 2.75) is 291 Å². The van der Waals surface area contributed by atoms with Gasteiger partial charge in [-0.3, -0.25) is 14.4 Å². The highest BCUT2D eigenvalue weighted by atomic mass is 16.6. The topological polar surface area (TPSA) is 78.9 Å². The summed E-state index contributed by atoms with van der Waals surface area (Å²) >= 11 is 0. The van der Waals surface area contributed by atoms with E-state index in [1.54, 1.807) is 0 Å². The van der Waals surface area contributed by atoms with E-state index in [0.29, 0.717) is 19.3 Å². The minimum atomic E-state index is -0.761. The Labute approximate surface area is 361 Å². The van der Waals surface area contributed by atoms with E-state index in [-0.39, 0.29) is 31.1 Å². The summed E-state index contributed by atoms with van der Waals surface area (Å²) in [6, 6.07) is 0. The molecule has 0 saturated carbocycles. The number of carbonyl (C=O) groups excluding carboxylic acids is 3. The van der Waals surface area contributed by atoms with Gasteiger partial charge in [0.25, 0.3) is 0 Å². The fourth-order valence-electron chi connectivity index (χ4n) is 7.78. The zero-order chi connectivity index (χ0) is 42.6. The maximum atomic E-state index is 12.7. The van der Waals surface area contributed by atoms with Gasteiger partial charge in [0.1, 0.15) is 13.2 Å². The highest BCUT2D eigenvalue weighted by Crippen LogP contribution is 2.18. The van der Waals surface area contributed by atoms with E-state index in [4.69, 9.17) is 14.2 Å². The summed E-state index contributed by atoms with van der Waals surface area (Å²) in [5, 5.41) is 0. The van der Waals surface area contributed by atoms with Crippen LogP contribution >= 0.6 is 0 Å². The predicted molar refractivity (Wildman–Crippen MR) is 247 cm³/mol. The quantitative estimate of drug-likeness (QED) is 0.0346. The van der Waals surface area contributed by atoms with Crippen LogP contribution in [-0.2, 0) is 28.6 Å². The molecule has 0 fully saturated rings. The lowest BCUT2D eigenvalue weighted by atomic mass is 9.99. The first-order valence-corrected chi connectivity index (χ1v) is 25.8. The molecule has 0 heterocycles. The van der Waals surface area contributed by atoms with E-state index >= 15 is 0 Å². The molecule has 0 amide bonds. The first-order chi connectivity index (χ1) is 28.3. The Bertz CT molecular complexity index is 887. The molecular formula is C52H100O6. The van der Waals surface area contributed by atoms with Gasteiger partial charge in [-0.1, -0.05) is 247 Å². The third-order valence-corrected chi connectivity index (χ3v) is 12.1. The van der Waals surface area contributed by atoms with Crippen LogP contribution in [0.15, 0.2) is 0 Å². The first kappa shape index (κ1) is 56.4. The molecule has 344 valence electrons. The smallest absolute Gasteiger partial charge is 0.306 e. The highest BCUT2D eigenvalue weighted by Gasteiger charge is 2.19. The van der Waals surface area contributed by atoms with Crippen molar-refractivity contribution in [2.24, 2.45) is 11.8 Å². The Kier molecular flexibility index (Phi) is 43.7. The SMILES string of the molecule is CCCCCCCCCCCC(=O)OC[C@H](COC(=O)CCCCCCCCCCCCCCCCCCCCC(C)CC)OC(=O)CCCCCCCCC(C)C. The van der Waals surface area contributed by atoms with E-state index < -0.39 is 6.10 Å². The first-order valence-electron chi connectivity index (χ1n) is 25.8. The van der Waals surface area contributed by atoms with Crippen LogP contribution in [0.4, 0.5) is 0 Å². The van der Waals surface area contributed by atoms with Crippen LogP contribution in [0.1, 0.15) is 285 Å². The molecule has 0 spiro atoms. The minimum absolute atomic E-state index is 0.0650. The fraction of sp³-hybridized carbons (Fsp3) is 0.942. The maximum Gasteiger partial charge on any atom is 0.306 e. The molecule has 58 heavy (non-hydrogen) atoms. The Hall–Kier alpha value is -1.59. The molecule has 6 nitrogen and oxygen atoms in total. The number of hydrogen-bond donors (Lipinski definition) is 0. The standard InChI is InChI=1S/C52H100O6/c1-6-8-9-10-11-22-26-32-37-42-50(53)56-45-49(58-52(55)44-39-34-29-28-30-35-40-47(3)4)46-57-51(54)43-38-33-27-24-21-19-17-15-13-12-14-16-18-20-23-25-31-36-41-48(5)7-2/h47-49H,6-46H2,1-5H3/t48?,49-/m1/s1. The van der Waals surface area contributed by atoms with Gasteiger partial charge in [0.15, 0.2) is 6.10 Å². The molecule has 2 atom stereocenters. The Morgan fingerprint density at radius 1 is 0.362 bits per heavy atom. The lowest BCUT2D eigenvalue weighted by Crippen LogP contribution is -2.30. The minimum Gasteiger partial charge on any atom is -0.462 e. The van der Waals surface area contributed by atoms with Crippen LogP contribution in [0.2, 0.25) is 0 Å². The summed E-state index contributed by atoms with van der Waals surface area (Å²) in [4.78, 5) is 37.7. The molecule has 0 aliphatic rings. The summed E-state index contributed by atoms with van der Waals surface area (Å²) in [6.07, 6.45) is 45.4. The molecule has 0 aromatic carbocycles. The van der Waals surface area contributed by atoms with Crippen LogP contribution < -0.4 is 0 Å². The van der Waals surface area contributed by atoms with Crippen LogP contribution in [0.5, 0.6) is 0 Å². The molecule has 0 saturated heterocycles. The summed E-state index contributed by atoms with van der Waals surface area (Å²) in [5.74, 6) is 0.811. The number of carbonyl (C=O) groups is 3. The van der Waals surface area contributed by atoms with Crippen molar-refractivity contribution in [3.05, 3.63) is 0 Å². The van der Waals surface area contributed by atoms with Crippen LogP contribution in [0.25, 0.3) is 0 Å². The third kappa shape index (κ3) is 44.0. The predicted octanol–water partition coefficient (Wildman–Crippen LogP) is 16.5.